The van der Waals surface area contributed by atoms with Crippen molar-refractivity contribution in [1.82, 2.24) is 9.80 Å². The Morgan fingerprint density at radius 2 is 1.06 bits per heavy atom. The first-order valence-corrected chi connectivity index (χ1v) is 11.1. The molecular formula is C10H24Cd2Cl2N2. The normalized spacial score (nSPS) is 8.88. The van der Waals surface area contributed by atoms with Gasteiger partial charge in [-0.05, 0) is 0 Å². The zero-order chi connectivity index (χ0) is 10.1. The molecule has 92 valence electrons. The van der Waals surface area contributed by atoms with Crippen molar-refractivity contribution in [3.05, 3.63) is 0 Å². The van der Waals surface area contributed by atoms with Gasteiger partial charge in [0.25, 0.3) is 0 Å². The fraction of sp³-hybridized carbons (Fsp3) is 1.00. The maximum atomic E-state index is 2.30. The molecule has 0 aromatic carbocycles. The van der Waals surface area contributed by atoms with E-state index in [1.54, 1.807) is 7.96 Å². The van der Waals surface area contributed by atoms with E-state index in [9.17, 15) is 0 Å². The Labute approximate surface area is 146 Å². The van der Waals surface area contributed by atoms with Crippen LogP contribution in [0.2, 0.25) is 7.96 Å². The van der Waals surface area contributed by atoms with Gasteiger partial charge in [0, 0.05) is 0 Å². The molecule has 0 atom stereocenters. The van der Waals surface area contributed by atoms with Gasteiger partial charge in [0.1, 0.15) is 0 Å². The fourth-order valence-corrected chi connectivity index (χ4v) is 5.69. The van der Waals surface area contributed by atoms with E-state index in [2.05, 4.69) is 38.0 Å². The molecule has 0 amide bonds. The van der Waals surface area contributed by atoms with Gasteiger partial charge in [-0.1, -0.05) is 0 Å². The summed E-state index contributed by atoms with van der Waals surface area (Å²) in [6.07, 6.45) is 2.90. The molecule has 0 N–H and O–H groups in total. The van der Waals surface area contributed by atoms with E-state index in [1.807, 2.05) is 0 Å². The van der Waals surface area contributed by atoms with Gasteiger partial charge in [0.15, 0.2) is 0 Å². The van der Waals surface area contributed by atoms with Crippen LogP contribution in [0.3, 0.4) is 0 Å². The van der Waals surface area contributed by atoms with Gasteiger partial charge in [-0.15, -0.1) is 0 Å². The third kappa shape index (κ3) is 25.3. The maximum Gasteiger partial charge on any atom is 2.00 e. The molecule has 0 aromatic rings. The average Bonchev–Trinajstić information content (AvgIpc) is 2.01. The predicted molar refractivity (Wildman–Crippen MR) is 56.0 cm³/mol. The van der Waals surface area contributed by atoms with Crippen molar-refractivity contribution in [3.8, 4) is 0 Å². The Hall–Kier alpha value is 2.34. The van der Waals surface area contributed by atoms with E-state index < -0.39 is 0 Å². The summed E-state index contributed by atoms with van der Waals surface area (Å²) in [5.74, 6) is 0. The van der Waals surface area contributed by atoms with Crippen LogP contribution in [-0.2, 0) is 51.5 Å². The van der Waals surface area contributed by atoms with Gasteiger partial charge < -0.3 is 24.8 Å². The van der Waals surface area contributed by atoms with Crippen molar-refractivity contribution in [2.45, 2.75) is 20.8 Å². The summed E-state index contributed by atoms with van der Waals surface area (Å²) in [6.45, 7) is 2.59. The number of nitrogens with zero attached hydrogens (tertiary/aromatic N) is 2. The molecule has 0 radical (unpaired) electrons. The van der Waals surface area contributed by atoms with Crippen molar-refractivity contribution in [3.63, 3.8) is 0 Å². The molecule has 0 aliphatic heterocycles. The molecule has 0 saturated carbocycles. The molecule has 0 unspecified atom stereocenters. The van der Waals surface area contributed by atoms with Gasteiger partial charge >= 0.3 is 123 Å². The predicted octanol–water partition coefficient (Wildman–Crippen LogP) is -4.19. The van der Waals surface area contributed by atoms with E-state index in [1.165, 1.54) is 25.9 Å². The largest absolute Gasteiger partial charge is 2.00 e. The van der Waals surface area contributed by atoms with E-state index >= 15 is 0 Å². The number of hydrogen-bond donors (Lipinski definition) is 0. The summed E-state index contributed by atoms with van der Waals surface area (Å²) < 4.78 is 3.21. The van der Waals surface area contributed by atoms with Crippen LogP contribution in [0.5, 0.6) is 0 Å². The Bertz CT molecular complexity index is 105. The van der Waals surface area contributed by atoms with Crippen LogP contribution in [0.25, 0.3) is 0 Å². The van der Waals surface area contributed by atoms with Crippen LogP contribution >= 0.6 is 0 Å². The molecule has 0 saturated heterocycles. The second-order valence-electron chi connectivity index (χ2n) is 4.37. The monoisotopic (exact) mass is 470 g/mol. The smallest absolute Gasteiger partial charge is 1.00 e. The number of rotatable bonds is 8. The minimum absolute atomic E-state index is 0. The maximum absolute atomic E-state index is 2.30. The molecule has 0 spiro atoms. The molecule has 0 aromatic heterocycles. The summed E-state index contributed by atoms with van der Waals surface area (Å²) in [4.78, 5) is 4.59. The summed E-state index contributed by atoms with van der Waals surface area (Å²) in [6, 6.07) is 0. The second-order valence-corrected chi connectivity index (χ2v) is 10.4. The first-order chi connectivity index (χ1) is 6.13. The van der Waals surface area contributed by atoms with Gasteiger partial charge in [-0.25, -0.2) is 0 Å². The standard InChI is InChI=1S/2C5H12N.2Cd.2ClH/c2*1-4-5-6(2)3;;;;/h2*1,4-5H2,2-3H3;;;2*1H/q;;;+2;;/p-2. The topological polar surface area (TPSA) is 6.48 Å². The molecule has 16 heavy (non-hydrogen) atoms. The molecule has 0 aliphatic rings. The third-order valence-electron chi connectivity index (χ3n) is 2.21. The summed E-state index contributed by atoms with van der Waals surface area (Å²) in [5.41, 5.74) is 0. The van der Waals surface area contributed by atoms with E-state index in [-0.39, 0.29) is 76.3 Å². The number of hydrogen-bond acceptors (Lipinski definition) is 2. The fourth-order valence-electron chi connectivity index (χ4n) is 1.39. The number of halogens is 2. The summed E-state index contributed by atoms with van der Waals surface area (Å²) in [5, 5.41) is 0. The van der Waals surface area contributed by atoms with Crippen molar-refractivity contribution >= 4 is 0 Å². The van der Waals surface area contributed by atoms with Crippen molar-refractivity contribution < 1.29 is 76.3 Å². The van der Waals surface area contributed by atoms with Gasteiger partial charge in [0.2, 0.25) is 0 Å². The quantitative estimate of drug-likeness (QED) is 0.264. The molecule has 6 heteroatoms. The summed E-state index contributed by atoms with van der Waals surface area (Å²) >= 11 is -0.308. The second kappa shape index (κ2) is 19.7. The molecular weight excluding hydrogens is 444 g/mol. The average molecular weight is 468 g/mol. The van der Waals surface area contributed by atoms with Crippen LogP contribution in [0, 0.1) is 0 Å². The summed E-state index contributed by atoms with van der Waals surface area (Å²) in [7, 11) is 8.67. The van der Waals surface area contributed by atoms with E-state index in [0.29, 0.717) is 0 Å². The molecule has 0 bridgehead atoms. The van der Waals surface area contributed by atoms with Crippen molar-refractivity contribution in [2.24, 2.45) is 0 Å². The molecule has 2 nitrogen and oxygen atoms in total. The Morgan fingerprint density at radius 3 is 1.31 bits per heavy atom. The SMILES string of the molecule is CN(C)CC[CH2][Cd][CH2]CCN(C)C.[Cd+2].[Cl-].[Cl-]. The Kier molecular flexibility index (Phi) is 33.0. The van der Waals surface area contributed by atoms with Crippen molar-refractivity contribution in [1.29, 1.82) is 0 Å². The molecule has 0 heterocycles. The van der Waals surface area contributed by atoms with Gasteiger partial charge in [0.05, 0.1) is 0 Å². The molecule has 0 aliphatic carbocycles. The van der Waals surface area contributed by atoms with Crippen LogP contribution in [0.15, 0.2) is 0 Å². The van der Waals surface area contributed by atoms with E-state index in [4.69, 9.17) is 0 Å². The Balaban J connectivity index is -0.000000240. The first kappa shape index (κ1) is 26.8. The van der Waals surface area contributed by atoms with Gasteiger partial charge in [-0.3, -0.25) is 0 Å². The van der Waals surface area contributed by atoms with Crippen molar-refractivity contribution in [2.75, 3.05) is 41.3 Å². The van der Waals surface area contributed by atoms with Crippen LogP contribution in [0.4, 0.5) is 0 Å². The third-order valence-corrected chi connectivity index (χ3v) is 7.92. The minimum atomic E-state index is -0.308. The minimum Gasteiger partial charge on any atom is -1.00 e. The van der Waals surface area contributed by atoms with Crippen LogP contribution in [0.1, 0.15) is 12.8 Å². The molecule has 0 rings (SSSR count). The zero-order valence-corrected chi connectivity index (χ0v) is 20.9. The molecule has 0 fully saturated rings. The van der Waals surface area contributed by atoms with E-state index in [0.717, 1.165) is 0 Å². The van der Waals surface area contributed by atoms with Crippen LogP contribution in [-0.4, -0.2) is 51.1 Å². The van der Waals surface area contributed by atoms with Gasteiger partial charge in [-0.2, -0.15) is 0 Å². The zero-order valence-electron chi connectivity index (χ0n) is 11.3. The van der Waals surface area contributed by atoms with Crippen LogP contribution < -0.4 is 24.8 Å². The first-order valence-electron chi connectivity index (χ1n) is 5.42. The Morgan fingerprint density at radius 1 is 0.750 bits per heavy atom.